The molecule has 0 unspecified atom stereocenters. The normalized spacial score (nSPS) is 10.3. The van der Waals surface area contributed by atoms with Crippen molar-refractivity contribution >= 4 is 11.8 Å². The van der Waals surface area contributed by atoms with Crippen LogP contribution >= 0.6 is 11.8 Å². The molecule has 0 aliphatic carbocycles. The molecule has 3 rings (SSSR count). The molecule has 1 heterocycles. The third-order valence-corrected chi connectivity index (χ3v) is 4.71. The predicted octanol–water partition coefficient (Wildman–Crippen LogP) is 4.30. The van der Waals surface area contributed by atoms with Gasteiger partial charge in [0.05, 0.1) is 12.7 Å². The van der Waals surface area contributed by atoms with Gasteiger partial charge < -0.3 is 4.74 Å². The molecule has 5 nitrogen and oxygen atoms in total. The van der Waals surface area contributed by atoms with E-state index in [1.165, 1.54) is 17.8 Å². The largest absolute Gasteiger partial charge is 0.496 e. The Morgan fingerprint density at radius 2 is 2.08 bits per heavy atom. The van der Waals surface area contributed by atoms with Crippen LogP contribution in [0.3, 0.4) is 0 Å². The molecule has 0 aliphatic rings. The number of nitriles is 1. The highest BCUT2D eigenvalue weighted by atomic mass is 32.2. The van der Waals surface area contributed by atoms with Gasteiger partial charge in [0.15, 0.2) is 11.0 Å². The number of hydrogen-bond acceptors (Lipinski definition) is 5. The number of methoxy groups -OCH3 is 1. The van der Waals surface area contributed by atoms with Crippen LogP contribution in [0.5, 0.6) is 5.75 Å². The lowest BCUT2D eigenvalue weighted by Gasteiger charge is -2.11. The fraction of sp³-hybridized carbons (Fsp3) is 0.105. The van der Waals surface area contributed by atoms with Crippen molar-refractivity contribution in [1.82, 2.24) is 14.8 Å². The Kier molecular flexibility index (Phi) is 5.34. The lowest BCUT2D eigenvalue weighted by atomic mass is 10.2. The summed E-state index contributed by atoms with van der Waals surface area (Å²) in [5.41, 5.74) is 0.778. The van der Waals surface area contributed by atoms with Crippen LogP contribution < -0.4 is 4.74 Å². The molecule has 0 saturated carbocycles. The molecular weight excluding hydrogens is 351 g/mol. The molecule has 0 radical (unpaired) electrons. The van der Waals surface area contributed by atoms with Crippen molar-refractivity contribution in [2.24, 2.45) is 0 Å². The number of ether oxygens (including phenoxy) is 1. The van der Waals surface area contributed by atoms with E-state index in [1.807, 2.05) is 34.9 Å². The van der Waals surface area contributed by atoms with Crippen molar-refractivity contribution in [1.29, 1.82) is 5.26 Å². The number of halogens is 1. The second-order valence-electron chi connectivity index (χ2n) is 5.23. The monoisotopic (exact) mass is 366 g/mol. The molecule has 0 bridgehead atoms. The zero-order chi connectivity index (χ0) is 18.5. The molecule has 0 N–H and O–H groups in total. The molecule has 130 valence electrons. The van der Waals surface area contributed by atoms with Crippen molar-refractivity contribution < 1.29 is 9.13 Å². The Balaban J connectivity index is 2.08. The Hall–Kier alpha value is -3.11. The summed E-state index contributed by atoms with van der Waals surface area (Å²) >= 11 is 1.19. The van der Waals surface area contributed by atoms with Gasteiger partial charge >= 0.3 is 0 Å². The van der Waals surface area contributed by atoms with Gasteiger partial charge in [-0.3, -0.25) is 4.57 Å². The maximum atomic E-state index is 13.9. The van der Waals surface area contributed by atoms with Crippen molar-refractivity contribution in [3.8, 4) is 23.2 Å². The highest BCUT2D eigenvalue weighted by Crippen LogP contribution is 2.34. The van der Waals surface area contributed by atoms with Crippen LogP contribution in [0, 0.1) is 17.1 Å². The highest BCUT2D eigenvalue weighted by Gasteiger charge is 2.19. The van der Waals surface area contributed by atoms with Crippen LogP contribution in [0.4, 0.5) is 4.39 Å². The van der Waals surface area contributed by atoms with Gasteiger partial charge in [0.2, 0.25) is 0 Å². The zero-order valence-electron chi connectivity index (χ0n) is 14.0. The standard InChI is InChI=1S/C19H15FN4OS/c1-3-11-24-18(13-7-4-5-9-16(13)25-2)22-23-19(24)26-17-10-6-8-15(20)14(17)12-21/h3-10H,1,11H2,2H3. The van der Waals surface area contributed by atoms with Gasteiger partial charge in [-0.15, -0.1) is 16.8 Å². The molecule has 0 atom stereocenters. The van der Waals surface area contributed by atoms with E-state index in [9.17, 15) is 9.65 Å². The zero-order valence-corrected chi connectivity index (χ0v) is 14.8. The molecular formula is C19H15FN4OS. The minimum absolute atomic E-state index is 0.00973. The summed E-state index contributed by atoms with van der Waals surface area (Å²) in [5.74, 6) is 0.724. The lowest BCUT2D eigenvalue weighted by Crippen LogP contribution is -2.02. The molecule has 1 aromatic heterocycles. The van der Waals surface area contributed by atoms with Gasteiger partial charge in [-0.2, -0.15) is 5.26 Å². The van der Waals surface area contributed by atoms with E-state index in [4.69, 9.17) is 4.74 Å². The highest BCUT2D eigenvalue weighted by molar-refractivity contribution is 7.99. The lowest BCUT2D eigenvalue weighted by molar-refractivity contribution is 0.416. The van der Waals surface area contributed by atoms with E-state index in [1.54, 1.807) is 25.3 Å². The molecule has 0 saturated heterocycles. The fourth-order valence-electron chi connectivity index (χ4n) is 2.48. The minimum atomic E-state index is -0.558. The smallest absolute Gasteiger partial charge is 0.196 e. The van der Waals surface area contributed by atoms with Gasteiger partial charge in [0.25, 0.3) is 0 Å². The summed E-state index contributed by atoms with van der Waals surface area (Å²) < 4.78 is 21.1. The summed E-state index contributed by atoms with van der Waals surface area (Å²) in [7, 11) is 1.59. The Bertz CT molecular complexity index is 993. The molecule has 26 heavy (non-hydrogen) atoms. The van der Waals surface area contributed by atoms with Crippen LogP contribution in [0.1, 0.15) is 5.56 Å². The topological polar surface area (TPSA) is 63.7 Å². The summed E-state index contributed by atoms with van der Waals surface area (Å²) in [6.07, 6.45) is 1.73. The first-order valence-corrected chi connectivity index (χ1v) is 8.55. The van der Waals surface area contributed by atoms with Crippen LogP contribution in [0.25, 0.3) is 11.4 Å². The number of benzene rings is 2. The van der Waals surface area contributed by atoms with E-state index in [0.29, 0.717) is 28.2 Å². The van der Waals surface area contributed by atoms with Crippen LogP contribution in [0.15, 0.2) is 65.2 Å². The first-order valence-electron chi connectivity index (χ1n) is 7.73. The van der Waals surface area contributed by atoms with Crippen LogP contribution in [-0.2, 0) is 6.54 Å². The summed E-state index contributed by atoms with van der Waals surface area (Å²) in [4.78, 5) is 0.483. The van der Waals surface area contributed by atoms with Crippen molar-refractivity contribution in [2.45, 2.75) is 16.6 Å². The second kappa shape index (κ2) is 7.85. The second-order valence-corrected chi connectivity index (χ2v) is 6.24. The third-order valence-electron chi connectivity index (χ3n) is 3.66. The first-order chi connectivity index (χ1) is 12.7. The van der Waals surface area contributed by atoms with Crippen LogP contribution in [-0.4, -0.2) is 21.9 Å². The molecule has 3 aromatic rings. The van der Waals surface area contributed by atoms with Crippen molar-refractivity contribution in [3.63, 3.8) is 0 Å². The third kappa shape index (κ3) is 3.32. The summed E-state index contributed by atoms with van der Waals surface area (Å²) in [6.45, 7) is 4.24. The average molecular weight is 366 g/mol. The Labute approximate surface area is 154 Å². The van der Waals surface area contributed by atoms with Gasteiger partial charge in [-0.25, -0.2) is 4.39 Å². The van der Waals surface area contributed by atoms with E-state index in [-0.39, 0.29) is 5.56 Å². The van der Waals surface area contributed by atoms with Crippen molar-refractivity contribution in [3.05, 3.63) is 66.5 Å². The molecule has 0 amide bonds. The molecule has 7 heteroatoms. The maximum Gasteiger partial charge on any atom is 0.196 e. The number of rotatable bonds is 6. The summed E-state index contributed by atoms with van der Waals surface area (Å²) in [6, 6.07) is 13.9. The van der Waals surface area contributed by atoms with E-state index >= 15 is 0 Å². The quantitative estimate of drug-likeness (QED) is 0.609. The fourth-order valence-corrected chi connectivity index (χ4v) is 3.42. The maximum absolute atomic E-state index is 13.9. The van der Waals surface area contributed by atoms with Gasteiger partial charge in [-0.05, 0) is 36.0 Å². The van der Waals surface area contributed by atoms with E-state index in [0.717, 1.165) is 5.56 Å². The van der Waals surface area contributed by atoms with Crippen molar-refractivity contribution in [2.75, 3.05) is 7.11 Å². The number of para-hydroxylation sites is 1. The Morgan fingerprint density at radius 1 is 1.27 bits per heavy atom. The molecule has 0 aliphatic heterocycles. The van der Waals surface area contributed by atoms with Gasteiger partial charge in [-0.1, -0.05) is 24.3 Å². The average Bonchev–Trinajstić information content (AvgIpc) is 3.04. The molecule has 2 aromatic carbocycles. The van der Waals surface area contributed by atoms with Gasteiger partial charge in [0, 0.05) is 11.4 Å². The number of hydrogen-bond donors (Lipinski definition) is 0. The number of nitrogens with zero attached hydrogens (tertiary/aromatic N) is 4. The minimum Gasteiger partial charge on any atom is -0.496 e. The SMILES string of the molecule is C=CCn1c(Sc2cccc(F)c2C#N)nnc1-c1ccccc1OC. The summed E-state index contributed by atoms with van der Waals surface area (Å²) in [5, 5.41) is 18.3. The Morgan fingerprint density at radius 3 is 2.81 bits per heavy atom. The van der Waals surface area contributed by atoms with E-state index < -0.39 is 5.82 Å². The predicted molar refractivity (Wildman–Crippen MR) is 97.4 cm³/mol. The van der Waals surface area contributed by atoms with Gasteiger partial charge in [0.1, 0.15) is 23.2 Å². The van der Waals surface area contributed by atoms with Crippen LogP contribution in [0.2, 0.25) is 0 Å². The van der Waals surface area contributed by atoms with E-state index in [2.05, 4.69) is 16.8 Å². The first kappa shape index (κ1) is 17.7. The molecule has 0 spiro atoms. The molecule has 0 fully saturated rings. The number of allylic oxidation sites excluding steroid dienone is 1. The number of aromatic nitrogens is 3.